The van der Waals surface area contributed by atoms with E-state index in [4.69, 9.17) is 9.47 Å². The van der Waals surface area contributed by atoms with E-state index < -0.39 is 10.0 Å². The van der Waals surface area contributed by atoms with Crippen LogP contribution in [0.1, 0.15) is 12.0 Å². The van der Waals surface area contributed by atoms with E-state index in [1.807, 2.05) is 25.2 Å². The SMILES string of the molecule is CNC(CNS(=O)(=O)c1cccs1)CN1C2COCC1C(OCc1ccccc1)C2. The lowest BCUT2D eigenvalue weighted by Crippen LogP contribution is -2.55. The molecule has 2 fully saturated rings. The first kappa shape index (κ1) is 21.9. The van der Waals surface area contributed by atoms with Crippen LogP contribution >= 0.6 is 11.3 Å². The Labute approximate surface area is 182 Å². The highest BCUT2D eigenvalue weighted by atomic mass is 32.2. The second-order valence-electron chi connectivity index (χ2n) is 7.80. The topological polar surface area (TPSA) is 79.9 Å². The molecule has 0 spiro atoms. The molecule has 3 heterocycles. The maximum Gasteiger partial charge on any atom is 0.250 e. The van der Waals surface area contributed by atoms with E-state index in [1.165, 1.54) is 16.9 Å². The zero-order valence-electron chi connectivity index (χ0n) is 17.1. The molecule has 2 N–H and O–H groups in total. The van der Waals surface area contributed by atoms with Gasteiger partial charge < -0.3 is 14.8 Å². The van der Waals surface area contributed by atoms with E-state index in [0.717, 1.165) is 13.0 Å². The molecular formula is C21H29N3O4S2. The maximum atomic E-state index is 12.4. The maximum absolute atomic E-state index is 12.4. The molecule has 1 aromatic heterocycles. The third-order valence-corrected chi connectivity index (χ3v) is 8.67. The van der Waals surface area contributed by atoms with E-state index in [2.05, 4.69) is 27.1 Å². The number of sulfonamides is 1. The number of hydrogen-bond acceptors (Lipinski definition) is 7. The minimum atomic E-state index is -3.46. The lowest BCUT2D eigenvalue weighted by atomic mass is 10.1. The molecule has 2 saturated heterocycles. The molecule has 4 unspecified atom stereocenters. The van der Waals surface area contributed by atoms with Crippen LogP contribution in [0.3, 0.4) is 0 Å². The van der Waals surface area contributed by atoms with Crippen molar-refractivity contribution in [1.29, 1.82) is 0 Å². The number of rotatable bonds is 10. The third kappa shape index (κ3) is 5.11. The van der Waals surface area contributed by atoms with Gasteiger partial charge in [-0.3, -0.25) is 4.90 Å². The van der Waals surface area contributed by atoms with Crippen molar-refractivity contribution in [1.82, 2.24) is 14.9 Å². The summed E-state index contributed by atoms with van der Waals surface area (Å²) in [6.07, 6.45) is 1.06. The minimum absolute atomic E-state index is 0.00397. The van der Waals surface area contributed by atoms with E-state index in [9.17, 15) is 8.42 Å². The van der Waals surface area contributed by atoms with E-state index in [0.29, 0.717) is 36.6 Å². The van der Waals surface area contributed by atoms with E-state index >= 15 is 0 Å². The van der Waals surface area contributed by atoms with Gasteiger partial charge in [-0.05, 0) is 30.5 Å². The fourth-order valence-electron chi connectivity index (χ4n) is 4.19. The summed E-state index contributed by atoms with van der Waals surface area (Å²) in [5.74, 6) is 0. The minimum Gasteiger partial charge on any atom is -0.378 e. The van der Waals surface area contributed by atoms with Crippen LogP contribution in [0.15, 0.2) is 52.1 Å². The lowest BCUT2D eigenvalue weighted by Gasteiger charge is -2.37. The summed E-state index contributed by atoms with van der Waals surface area (Å²) in [6, 6.07) is 14.1. The fraction of sp³-hybridized carbons (Fsp3) is 0.524. The van der Waals surface area contributed by atoms with Crippen molar-refractivity contribution in [2.45, 2.75) is 41.5 Å². The van der Waals surface area contributed by atoms with Gasteiger partial charge in [-0.2, -0.15) is 0 Å². The van der Waals surface area contributed by atoms with Crippen LogP contribution in [-0.4, -0.2) is 70.9 Å². The number of likely N-dealkylation sites (N-methyl/N-ethyl adjacent to an activating group) is 1. The van der Waals surface area contributed by atoms with Gasteiger partial charge in [0.2, 0.25) is 10.0 Å². The Balaban J connectivity index is 1.34. The van der Waals surface area contributed by atoms with Crippen molar-refractivity contribution >= 4 is 21.4 Å². The van der Waals surface area contributed by atoms with Gasteiger partial charge in [-0.1, -0.05) is 36.4 Å². The first-order valence-corrected chi connectivity index (χ1v) is 12.6. The monoisotopic (exact) mass is 451 g/mol. The highest BCUT2D eigenvalue weighted by Crippen LogP contribution is 2.32. The van der Waals surface area contributed by atoms with Crippen molar-refractivity contribution in [2.24, 2.45) is 0 Å². The molecule has 9 heteroatoms. The Bertz CT molecular complexity index is 892. The summed E-state index contributed by atoms with van der Waals surface area (Å²) in [5, 5.41) is 5.03. The molecule has 4 atom stereocenters. The first-order chi connectivity index (χ1) is 14.6. The summed E-state index contributed by atoms with van der Waals surface area (Å²) in [4.78, 5) is 2.43. The van der Waals surface area contributed by atoms with E-state index in [-0.39, 0.29) is 18.2 Å². The molecule has 7 nitrogen and oxygen atoms in total. The van der Waals surface area contributed by atoms with E-state index in [1.54, 1.807) is 17.5 Å². The van der Waals surface area contributed by atoms with Gasteiger partial charge in [0, 0.05) is 25.2 Å². The molecule has 0 aliphatic carbocycles. The molecule has 30 heavy (non-hydrogen) atoms. The lowest BCUT2D eigenvalue weighted by molar-refractivity contribution is -0.0515. The summed E-state index contributed by atoms with van der Waals surface area (Å²) in [6.45, 7) is 3.02. The molecule has 2 aliphatic heterocycles. The standard InChI is InChI=1S/C21H29N3O4S2/c1-22-17(11-23-30(25,26)21-8-5-9-29-21)12-24-18-10-20(19(24)15-27-14-18)28-13-16-6-3-2-4-7-16/h2-9,17-20,22-23H,10-15H2,1H3. The second kappa shape index (κ2) is 9.86. The van der Waals surface area contributed by atoms with Crippen LogP contribution in [-0.2, 0) is 26.1 Å². The van der Waals surface area contributed by atoms with Gasteiger partial charge in [0.1, 0.15) is 4.21 Å². The van der Waals surface area contributed by atoms with Gasteiger partial charge in [-0.15, -0.1) is 11.3 Å². The number of nitrogens with one attached hydrogen (secondary N) is 2. The number of benzene rings is 1. The number of fused-ring (bicyclic) bond motifs is 2. The number of ether oxygens (including phenoxy) is 2. The average molecular weight is 452 g/mol. The van der Waals surface area contributed by atoms with Gasteiger partial charge in [0.25, 0.3) is 0 Å². The molecule has 164 valence electrons. The van der Waals surface area contributed by atoms with Gasteiger partial charge in [0.15, 0.2) is 0 Å². The second-order valence-corrected chi connectivity index (χ2v) is 10.7. The van der Waals surface area contributed by atoms with Crippen molar-refractivity contribution in [3.05, 3.63) is 53.4 Å². The summed E-state index contributed by atoms with van der Waals surface area (Å²) >= 11 is 1.23. The van der Waals surface area contributed by atoms with Crippen LogP contribution in [0.25, 0.3) is 0 Å². The molecule has 1 aromatic carbocycles. The molecule has 0 saturated carbocycles. The van der Waals surface area contributed by atoms with Crippen molar-refractivity contribution < 1.29 is 17.9 Å². The van der Waals surface area contributed by atoms with Crippen LogP contribution in [0.5, 0.6) is 0 Å². The Hall–Kier alpha value is -1.33. The van der Waals surface area contributed by atoms with Crippen LogP contribution in [0.2, 0.25) is 0 Å². The highest BCUT2D eigenvalue weighted by Gasteiger charge is 2.45. The largest absolute Gasteiger partial charge is 0.378 e. The average Bonchev–Trinajstić information content (AvgIpc) is 3.36. The number of nitrogens with zero attached hydrogens (tertiary/aromatic N) is 1. The molecule has 4 rings (SSSR count). The van der Waals surface area contributed by atoms with Gasteiger partial charge >= 0.3 is 0 Å². The zero-order chi connectivity index (χ0) is 21.0. The highest BCUT2D eigenvalue weighted by molar-refractivity contribution is 7.91. The molecule has 2 aliphatic rings. The van der Waals surface area contributed by atoms with Crippen LogP contribution < -0.4 is 10.0 Å². The normalized spacial score (nSPS) is 25.4. The van der Waals surface area contributed by atoms with Crippen molar-refractivity contribution in [2.75, 3.05) is 33.4 Å². The smallest absolute Gasteiger partial charge is 0.250 e. The Kier molecular flexibility index (Phi) is 7.20. The Morgan fingerprint density at radius 2 is 2.07 bits per heavy atom. The molecule has 0 amide bonds. The summed E-state index contributed by atoms with van der Waals surface area (Å²) in [7, 11) is -1.59. The number of hydrogen-bond donors (Lipinski definition) is 2. The van der Waals surface area contributed by atoms with Crippen molar-refractivity contribution in [3.63, 3.8) is 0 Å². The molecule has 2 aromatic rings. The summed E-state index contributed by atoms with van der Waals surface area (Å²) < 4.78 is 40.0. The zero-order valence-corrected chi connectivity index (χ0v) is 18.7. The third-order valence-electron chi connectivity index (χ3n) is 5.85. The van der Waals surface area contributed by atoms with Gasteiger partial charge in [-0.25, -0.2) is 13.1 Å². The van der Waals surface area contributed by atoms with Crippen LogP contribution in [0.4, 0.5) is 0 Å². The number of morpholine rings is 1. The Morgan fingerprint density at radius 1 is 1.23 bits per heavy atom. The number of thiophene rings is 1. The molecule has 0 radical (unpaired) electrons. The Morgan fingerprint density at radius 3 is 2.80 bits per heavy atom. The summed E-state index contributed by atoms with van der Waals surface area (Å²) in [5.41, 5.74) is 1.17. The molecular weight excluding hydrogens is 422 g/mol. The van der Waals surface area contributed by atoms with Crippen LogP contribution in [0, 0.1) is 0 Å². The predicted octanol–water partition coefficient (Wildman–Crippen LogP) is 1.67. The molecule has 2 bridgehead atoms. The predicted molar refractivity (Wildman–Crippen MR) is 117 cm³/mol. The fourth-order valence-corrected chi connectivity index (χ4v) is 6.31. The van der Waals surface area contributed by atoms with Crippen molar-refractivity contribution in [3.8, 4) is 0 Å². The first-order valence-electron chi connectivity index (χ1n) is 10.3. The van der Waals surface area contributed by atoms with Gasteiger partial charge in [0.05, 0.1) is 32.0 Å². The quantitative estimate of drug-likeness (QED) is 0.572.